The Bertz CT molecular complexity index is 296. The van der Waals surface area contributed by atoms with Gasteiger partial charge in [-0.15, -0.1) is 0 Å². The van der Waals surface area contributed by atoms with Crippen molar-refractivity contribution in [2.75, 3.05) is 39.3 Å². The maximum Gasteiger partial charge on any atom is 0.401 e. The van der Waals surface area contributed by atoms with Crippen LogP contribution in [0.4, 0.5) is 13.2 Å². The van der Waals surface area contributed by atoms with E-state index in [1.54, 1.807) is 0 Å². The topological polar surface area (TPSA) is 59.9 Å². The zero-order chi connectivity index (χ0) is 14.3. The molecule has 0 radical (unpaired) electrons. The third kappa shape index (κ3) is 6.63. The van der Waals surface area contributed by atoms with Crippen molar-refractivity contribution in [3.8, 4) is 0 Å². The van der Waals surface area contributed by atoms with Gasteiger partial charge in [-0.2, -0.15) is 13.2 Å². The van der Waals surface area contributed by atoms with Gasteiger partial charge in [0.05, 0.1) is 19.7 Å². The number of nitrogens with one attached hydrogen (secondary N) is 2. The van der Waals surface area contributed by atoms with Gasteiger partial charge in [-0.05, 0) is 13.3 Å². The van der Waals surface area contributed by atoms with Crippen molar-refractivity contribution in [3.05, 3.63) is 0 Å². The molecule has 0 bridgehead atoms. The predicted molar refractivity (Wildman–Crippen MR) is 67.1 cm³/mol. The fourth-order valence-corrected chi connectivity index (χ4v) is 2.02. The highest BCUT2D eigenvalue weighted by Crippen LogP contribution is 2.19. The van der Waals surface area contributed by atoms with Crippen LogP contribution in [-0.2, 0) is 0 Å². The number of hydrogen-bond donors (Lipinski definition) is 3. The standard InChI is InChI=1S/C11H21F3N4O/c1-2-15-10(16-4-6-19)17-9-3-5-18(7-9)8-11(12,13)14/h9,19H,2-8H2,1H3,(H2,15,16,17). The number of aliphatic imine (C=N–C) groups is 1. The van der Waals surface area contributed by atoms with Crippen LogP contribution >= 0.6 is 0 Å². The van der Waals surface area contributed by atoms with E-state index >= 15 is 0 Å². The fraction of sp³-hybridized carbons (Fsp3) is 0.909. The van der Waals surface area contributed by atoms with Gasteiger partial charge in [0.25, 0.3) is 0 Å². The molecule has 3 N–H and O–H groups in total. The lowest BCUT2D eigenvalue weighted by Crippen LogP contribution is -2.45. The summed E-state index contributed by atoms with van der Waals surface area (Å²) in [6.07, 6.45) is -3.50. The molecule has 0 aromatic carbocycles. The van der Waals surface area contributed by atoms with Gasteiger partial charge in [-0.1, -0.05) is 0 Å². The Morgan fingerprint density at radius 3 is 2.79 bits per heavy atom. The Kier molecular flexibility index (Phi) is 6.36. The maximum absolute atomic E-state index is 12.3. The number of guanidine groups is 1. The van der Waals surface area contributed by atoms with Gasteiger partial charge < -0.3 is 15.7 Å². The molecule has 1 aliphatic heterocycles. The first-order chi connectivity index (χ1) is 8.94. The molecular formula is C11H21F3N4O. The van der Waals surface area contributed by atoms with Crippen molar-refractivity contribution in [2.24, 2.45) is 4.99 Å². The largest absolute Gasteiger partial charge is 0.401 e. The SMILES string of the molecule is CCNC(=NCCO)NC1CCN(CC(F)(F)F)C1. The number of aliphatic hydroxyl groups excluding tert-OH is 1. The van der Waals surface area contributed by atoms with Crippen LogP contribution in [0.25, 0.3) is 0 Å². The summed E-state index contributed by atoms with van der Waals surface area (Å²) in [5.74, 6) is 0.537. The molecular weight excluding hydrogens is 261 g/mol. The monoisotopic (exact) mass is 282 g/mol. The second-order valence-electron chi connectivity index (χ2n) is 4.46. The van der Waals surface area contributed by atoms with Crippen molar-refractivity contribution in [2.45, 2.75) is 25.6 Å². The van der Waals surface area contributed by atoms with Gasteiger partial charge in [0.2, 0.25) is 0 Å². The Morgan fingerprint density at radius 2 is 2.21 bits per heavy atom. The quantitative estimate of drug-likeness (QED) is 0.497. The normalized spacial score (nSPS) is 21.7. The Balaban J connectivity index is 2.41. The van der Waals surface area contributed by atoms with E-state index in [1.807, 2.05) is 6.92 Å². The molecule has 0 amide bonds. The Morgan fingerprint density at radius 1 is 1.47 bits per heavy atom. The summed E-state index contributed by atoms with van der Waals surface area (Å²) in [5.41, 5.74) is 0. The van der Waals surface area contributed by atoms with E-state index in [0.717, 1.165) is 0 Å². The predicted octanol–water partition coefficient (Wildman–Crippen LogP) is 0.170. The molecule has 1 saturated heterocycles. The molecule has 0 aromatic heterocycles. The summed E-state index contributed by atoms with van der Waals surface area (Å²) in [7, 11) is 0. The Hall–Kier alpha value is -1.02. The van der Waals surface area contributed by atoms with Gasteiger partial charge in [0.15, 0.2) is 5.96 Å². The first-order valence-electron chi connectivity index (χ1n) is 6.39. The second kappa shape index (κ2) is 7.54. The number of hydrogen-bond acceptors (Lipinski definition) is 3. The molecule has 5 nitrogen and oxygen atoms in total. The molecule has 8 heteroatoms. The minimum Gasteiger partial charge on any atom is -0.394 e. The highest BCUT2D eigenvalue weighted by atomic mass is 19.4. The molecule has 1 rings (SSSR count). The second-order valence-corrected chi connectivity index (χ2v) is 4.46. The lowest BCUT2D eigenvalue weighted by molar-refractivity contribution is -0.143. The van der Waals surface area contributed by atoms with Crippen LogP contribution in [0.5, 0.6) is 0 Å². The van der Waals surface area contributed by atoms with E-state index in [9.17, 15) is 13.2 Å². The third-order valence-corrected chi connectivity index (χ3v) is 2.73. The van der Waals surface area contributed by atoms with Crippen LogP contribution in [0, 0.1) is 0 Å². The molecule has 112 valence electrons. The molecule has 1 heterocycles. The number of alkyl halides is 3. The molecule has 0 saturated carbocycles. The molecule has 1 atom stereocenters. The number of rotatable bonds is 5. The van der Waals surface area contributed by atoms with E-state index in [2.05, 4.69) is 15.6 Å². The number of halogens is 3. The molecule has 19 heavy (non-hydrogen) atoms. The summed E-state index contributed by atoms with van der Waals surface area (Å²) in [6.45, 7) is 2.70. The maximum atomic E-state index is 12.3. The summed E-state index contributed by atoms with van der Waals surface area (Å²) < 4.78 is 36.8. The van der Waals surface area contributed by atoms with Crippen molar-refractivity contribution < 1.29 is 18.3 Å². The number of likely N-dealkylation sites (tertiary alicyclic amines) is 1. The highest BCUT2D eigenvalue weighted by Gasteiger charge is 2.34. The fourth-order valence-electron chi connectivity index (χ4n) is 2.02. The van der Waals surface area contributed by atoms with Gasteiger partial charge in [0.1, 0.15) is 0 Å². The summed E-state index contributed by atoms with van der Waals surface area (Å²) in [5, 5.41) is 14.8. The van der Waals surface area contributed by atoms with Crippen LogP contribution in [0.15, 0.2) is 4.99 Å². The van der Waals surface area contributed by atoms with Crippen LogP contribution in [-0.4, -0.2) is 67.5 Å². The average Bonchev–Trinajstić information content (AvgIpc) is 2.71. The summed E-state index contributed by atoms with van der Waals surface area (Å²) in [6, 6.07) is -0.0427. The Labute approximate surface area is 110 Å². The lowest BCUT2D eigenvalue weighted by atomic mass is 10.3. The van der Waals surface area contributed by atoms with Crippen LogP contribution < -0.4 is 10.6 Å². The van der Waals surface area contributed by atoms with Crippen molar-refractivity contribution in [3.63, 3.8) is 0 Å². The molecule has 1 aliphatic rings. The molecule has 1 unspecified atom stereocenters. The van der Waals surface area contributed by atoms with E-state index in [1.165, 1.54) is 4.90 Å². The van der Waals surface area contributed by atoms with Crippen LogP contribution in [0.2, 0.25) is 0 Å². The molecule has 0 aliphatic carbocycles. The zero-order valence-corrected chi connectivity index (χ0v) is 11.0. The van der Waals surface area contributed by atoms with Gasteiger partial charge in [-0.25, -0.2) is 0 Å². The van der Waals surface area contributed by atoms with Gasteiger partial charge in [0, 0.05) is 25.7 Å². The summed E-state index contributed by atoms with van der Waals surface area (Å²) >= 11 is 0. The van der Waals surface area contributed by atoms with E-state index in [0.29, 0.717) is 32.0 Å². The zero-order valence-electron chi connectivity index (χ0n) is 11.0. The first kappa shape index (κ1) is 16.0. The number of nitrogens with zero attached hydrogens (tertiary/aromatic N) is 2. The van der Waals surface area contributed by atoms with Crippen LogP contribution in [0.3, 0.4) is 0 Å². The van der Waals surface area contributed by atoms with Crippen molar-refractivity contribution >= 4 is 5.96 Å². The van der Waals surface area contributed by atoms with Crippen molar-refractivity contribution in [1.82, 2.24) is 15.5 Å². The minimum absolute atomic E-state index is 0.0427. The van der Waals surface area contributed by atoms with E-state index < -0.39 is 12.7 Å². The van der Waals surface area contributed by atoms with Gasteiger partial charge in [-0.3, -0.25) is 9.89 Å². The lowest BCUT2D eigenvalue weighted by Gasteiger charge is -2.19. The molecule has 0 spiro atoms. The molecule has 1 fully saturated rings. The van der Waals surface area contributed by atoms with E-state index in [-0.39, 0.29) is 19.2 Å². The first-order valence-corrected chi connectivity index (χ1v) is 6.39. The average molecular weight is 282 g/mol. The smallest absolute Gasteiger partial charge is 0.394 e. The van der Waals surface area contributed by atoms with Crippen LogP contribution in [0.1, 0.15) is 13.3 Å². The molecule has 0 aromatic rings. The summed E-state index contributed by atoms with van der Waals surface area (Å²) in [4.78, 5) is 5.48. The van der Waals surface area contributed by atoms with Gasteiger partial charge >= 0.3 is 6.18 Å². The number of aliphatic hydroxyl groups is 1. The minimum atomic E-state index is -4.15. The third-order valence-electron chi connectivity index (χ3n) is 2.73. The highest BCUT2D eigenvalue weighted by molar-refractivity contribution is 5.80. The van der Waals surface area contributed by atoms with Crippen molar-refractivity contribution in [1.29, 1.82) is 0 Å². The van der Waals surface area contributed by atoms with E-state index in [4.69, 9.17) is 5.11 Å².